The lowest BCUT2D eigenvalue weighted by molar-refractivity contribution is 1.09. The SMILES string of the molecule is C=CCCC#[N+]C. The Morgan fingerprint density at radius 2 is 2.57 bits per heavy atom. The maximum absolute atomic E-state index is 3.68. The molecule has 1 nitrogen and oxygen atoms in total. The Morgan fingerprint density at radius 3 is 3.00 bits per heavy atom. The Balaban J connectivity index is 2.92. The molecule has 0 saturated heterocycles. The van der Waals surface area contributed by atoms with E-state index in [1.54, 1.807) is 7.05 Å². The highest BCUT2D eigenvalue weighted by atomic mass is 14.6. The van der Waals surface area contributed by atoms with E-state index in [1.165, 1.54) is 0 Å². The van der Waals surface area contributed by atoms with Gasteiger partial charge in [-0.2, -0.15) is 0 Å². The minimum atomic E-state index is 0.903. The largest absolute Gasteiger partial charge is 0.272 e. The van der Waals surface area contributed by atoms with Crippen LogP contribution in [0.15, 0.2) is 12.7 Å². The minimum Gasteiger partial charge on any atom is -0.103 e. The average molecular weight is 96.2 g/mol. The summed E-state index contributed by atoms with van der Waals surface area (Å²) in [5.41, 5.74) is 0. The summed E-state index contributed by atoms with van der Waals surface area (Å²) in [6.45, 7) is 3.55. The second-order valence-electron chi connectivity index (χ2n) is 1.21. The second kappa shape index (κ2) is 5.23. The molecule has 0 bridgehead atoms. The van der Waals surface area contributed by atoms with Crippen molar-refractivity contribution >= 4 is 0 Å². The number of allylic oxidation sites excluding steroid dienone is 1. The maximum atomic E-state index is 3.68. The molecule has 0 N–H and O–H groups in total. The van der Waals surface area contributed by atoms with Crippen LogP contribution in [0.5, 0.6) is 0 Å². The summed E-state index contributed by atoms with van der Waals surface area (Å²) in [7, 11) is 1.73. The van der Waals surface area contributed by atoms with Gasteiger partial charge in [-0.25, -0.2) is 0 Å². The van der Waals surface area contributed by atoms with Gasteiger partial charge in [-0.05, 0) is 6.42 Å². The molecule has 0 rings (SSSR count). The van der Waals surface area contributed by atoms with Crippen LogP contribution in [0.2, 0.25) is 0 Å². The molecule has 0 aliphatic heterocycles. The van der Waals surface area contributed by atoms with Crippen LogP contribution in [-0.4, -0.2) is 7.05 Å². The summed E-state index contributed by atoms with van der Waals surface area (Å²) < 4.78 is 0. The molecule has 0 aliphatic rings. The molecule has 0 atom stereocenters. The number of hydrogen-bond acceptors (Lipinski definition) is 0. The van der Waals surface area contributed by atoms with Crippen molar-refractivity contribution in [3.8, 4) is 6.07 Å². The van der Waals surface area contributed by atoms with Crippen molar-refractivity contribution in [3.05, 3.63) is 17.5 Å². The lowest BCUT2D eigenvalue weighted by Gasteiger charge is -1.68. The van der Waals surface area contributed by atoms with E-state index >= 15 is 0 Å². The van der Waals surface area contributed by atoms with Gasteiger partial charge in [0.05, 0.1) is 6.42 Å². The molecule has 0 aromatic carbocycles. The van der Waals surface area contributed by atoms with Crippen LogP contribution < -0.4 is 0 Å². The molecule has 0 spiro atoms. The van der Waals surface area contributed by atoms with E-state index in [9.17, 15) is 0 Å². The lowest BCUT2D eigenvalue weighted by atomic mass is 10.3. The zero-order chi connectivity index (χ0) is 5.54. The Bertz CT molecular complexity index is 94.5. The van der Waals surface area contributed by atoms with Gasteiger partial charge in [0.15, 0.2) is 0 Å². The molecule has 0 fully saturated rings. The van der Waals surface area contributed by atoms with Gasteiger partial charge in [0.2, 0.25) is 0 Å². The van der Waals surface area contributed by atoms with Gasteiger partial charge in [-0.15, -0.1) is 6.58 Å². The summed E-state index contributed by atoms with van der Waals surface area (Å²) in [6, 6.07) is 2.80. The van der Waals surface area contributed by atoms with Crippen molar-refractivity contribution in [1.29, 1.82) is 0 Å². The van der Waals surface area contributed by atoms with Gasteiger partial charge >= 0.3 is 0 Å². The predicted octanol–water partition coefficient (Wildman–Crippen LogP) is 1.92. The quantitative estimate of drug-likeness (QED) is 0.365. The van der Waals surface area contributed by atoms with Crippen molar-refractivity contribution in [2.24, 2.45) is 0 Å². The normalized spacial score (nSPS) is 6.43. The molecule has 1 heteroatoms. The van der Waals surface area contributed by atoms with Gasteiger partial charge in [0.1, 0.15) is 0 Å². The van der Waals surface area contributed by atoms with Crippen molar-refractivity contribution in [3.63, 3.8) is 0 Å². The van der Waals surface area contributed by atoms with Crippen LogP contribution in [0, 0.1) is 6.07 Å². The first-order valence-electron chi connectivity index (χ1n) is 2.34. The highest BCUT2D eigenvalue weighted by Gasteiger charge is 1.77. The van der Waals surface area contributed by atoms with Crippen molar-refractivity contribution in [1.82, 2.24) is 0 Å². The maximum Gasteiger partial charge on any atom is 0.272 e. The molecule has 0 aromatic rings. The molecule has 0 aromatic heterocycles. The smallest absolute Gasteiger partial charge is 0.103 e. The van der Waals surface area contributed by atoms with Crippen LogP contribution in [0.25, 0.3) is 4.85 Å². The van der Waals surface area contributed by atoms with E-state index in [-0.39, 0.29) is 0 Å². The zero-order valence-corrected chi connectivity index (χ0v) is 4.65. The molecule has 0 saturated carbocycles. The first-order chi connectivity index (χ1) is 3.41. The predicted molar refractivity (Wildman–Crippen MR) is 32.6 cm³/mol. The Labute approximate surface area is 44.5 Å². The highest BCUT2D eigenvalue weighted by molar-refractivity contribution is 4.85. The van der Waals surface area contributed by atoms with Crippen LogP contribution >= 0.6 is 0 Å². The molecule has 38 valence electrons. The summed E-state index contributed by atoms with van der Waals surface area (Å²) >= 11 is 0. The zero-order valence-electron chi connectivity index (χ0n) is 4.65. The highest BCUT2D eigenvalue weighted by Crippen LogP contribution is 1.84. The molecule has 0 amide bonds. The summed E-state index contributed by atoms with van der Waals surface area (Å²) in [4.78, 5) is 3.68. The molecular weight excluding hydrogens is 86.1 g/mol. The van der Waals surface area contributed by atoms with Gasteiger partial charge in [-0.3, -0.25) is 0 Å². The molecule has 0 heterocycles. The fraction of sp³-hybridized carbons (Fsp3) is 0.500. The Morgan fingerprint density at radius 1 is 1.86 bits per heavy atom. The third-order valence-corrected chi connectivity index (χ3v) is 0.618. The minimum absolute atomic E-state index is 0.903. The van der Waals surface area contributed by atoms with Crippen LogP contribution in [0.3, 0.4) is 0 Å². The fourth-order valence-electron chi connectivity index (χ4n) is 0.278. The van der Waals surface area contributed by atoms with E-state index in [1.807, 2.05) is 6.08 Å². The van der Waals surface area contributed by atoms with Gasteiger partial charge in [0.25, 0.3) is 13.1 Å². The van der Waals surface area contributed by atoms with Crippen LogP contribution in [0.1, 0.15) is 12.8 Å². The number of unbranched alkanes of at least 4 members (excludes halogenated alkanes) is 1. The van der Waals surface area contributed by atoms with Gasteiger partial charge in [-0.1, -0.05) is 10.9 Å². The number of rotatable bonds is 2. The van der Waals surface area contributed by atoms with Gasteiger partial charge in [0, 0.05) is 0 Å². The van der Waals surface area contributed by atoms with Crippen LogP contribution in [0.4, 0.5) is 0 Å². The van der Waals surface area contributed by atoms with Crippen molar-refractivity contribution < 1.29 is 0 Å². The van der Waals surface area contributed by atoms with Crippen molar-refractivity contribution in [2.45, 2.75) is 12.8 Å². The molecular formula is C6H10N+. The first kappa shape index (κ1) is 6.23. The number of nitrogens with zero attached hydrogens (tertiary/aromatic N) is 1. The lowest BCUT2D eigenvalue weighted by Crippen LogP contribution is -1.59. The summed E-state index contributed by atoms with van der Waals surface area (Å²) in [5.74, 6) is 0. The third-order valence-electron chi connectivity index (χ3n) is 0.618. The van der Waals surface area contributed by atoms with E-state index in [0.717, 1.165) is 12.8 Å². The second-order valence-corrected chi connectivity index (χ2v) is 1.21. The third kappa shape index (κ3) is 5.23. The topological polar surface area (TPSA) is 4.36 Å². The summed E-state index contributed by atoms with van der Waals surface area (Å²) in [5, 5.41) is 0. The standard InChI is InChI=1S/C6H10N/c1-3-4-5-6-7-2/h3H,1,4-5H2,2H3/q+1. The first-order valence-corrected chi connectivity index (χ1v) is 2.34. The van der Waals surface area contributed by atoms with E-state index in [4.69, 9.17) is 0 Å². The van der Waals surface area contributed by atoms with E-state index < -0.39 is 0 Å². The molecule has 7 heavy (non-hydrogen) atoms. The Kier molecular flexibility index (Phi) is 4.65. The van der Waals surface area contributed by atoms with Gasteiger partial charge < -0.3 is 0 Å². The molecule has 0 radical (unpaired) electrons. The Hall–Kier alpha value is -0.770. The van der Waals surface area contributed by atoms with Crippen LogP contribution in [-0.2, 0) is 0 Å². The van der Waals surface area contributed by atoms with E-state index in [2.05, 4.69) is 17.5 Å². The number of hydrogen-bond donors (Lipinski definition) is 0. The fourth-order valence-corrected chi connectivity index (χ4v) is 0.278. The molecule has 0 unspecified atom stereocenters. The summed E-state index contributed by atoms with van der Waals surface area (Å²) in [6.07, 6.45) is 3.75. The molecule has 0 aliphatic carbocycles. The van der Waals surface area contributed by atoms with Crippen molar-refractivity contribution in [2.75, 3.05) is 7.05 Å². The average Bonchev–Trinajstić information content (AvgIpc) is 1.69. The van der Waals surface area contributed by atoms with E-state index in [0.29, 0.717) is 0 Å². The monoisotopic (exact) mass is 96.1 g/mol.